The fourth-order valence-corrected chi connectivity index (χ4v) is 5.24. The molecule has 2 aliphatic heterocycles. The van der Waals surface area contributed by atoms with Crippen LogP contribution in [0.4, 0.5) is 4.79 Å². The molecule has 2 aliphatic rings. The molecule has 11 heteroatoms. The quantitative estimate of drug-likeness (QED) is 0.459. The van der Waals surface area contributed by atoms with Gasteiger partial charge in [0.2, 0.25) is 5.91 Å². The molecule has 0 aliphatic carbocycles. The Balaban J connectivity index is 1.71. The highest BCUT2D eigenvalue weighted by Gasteiger charge is 2.40. The highest BCUT2D eigenvalue weighted by molar-refractivity contribution is 5.93. The van der Waals surface area contributed by atoms with Crippen molar-refractivity contribution in [1.82, 2.24) is 24.9 Å². The van der Waals surface area contributed by atoms with Crippen LogP contribution in [0.15, 0.2) is 24.3 Å². The number of carbonyl (C=O) groups excluding carboxylic acids is 4. The summed E-state index contributed by atoms with van der Waals surface area (Å²) in [7, 11) is 5.42. The van der Waals surface area contributed by atoms with Gasteiger partial charge in [0, 0.05) is 51.9 Å². The van der Waals surface area contributed by atoms with Crippen LogP contribution >= 0.6 is 0 Å². The first-order valence-electron chi connectivity index (χ1n) is 13.7. The number of hydrogen-bond donors (Lipinski definition) is 1. The van der Waals surface area contributed by atoms with Gasteiger partial charge in [0.25, 0.3) is 5.91 Å². The van der Waals surface area contributed by atoms with Crippen LogP contribution in [0.5, 0.6) is 0 Å². The van der Waals surface area contributed by atoms with Gasteiger partial charge >= 0.3 is 6.09 Å². The fourth-order valence-electron chi connectivity index (χ4n) is 5.24. The summed E-state index contributed by atoms with van der Waals surface area (Å²) in [4.78, 5) is 57.6. The lowest BCUT2D eigenvalue weighted by Gasteiger charge is -2.31. The normalized spacial score (nSPS) is 22.1. The van der Waals surface area contributed by atoms with Crippen molar-refractivity contribution in [1.29, 1.82) is 5.26 Å². The van der Waals surface area contributed by atoms with Gasteiger partial charge in [-0.25, -0.2) is 4.79 Å². The van der Waals surface area contributed by atoms with Gasteiger partial charge in [-0.05, 0) is 64.8 Å². The van der Waals surface area contributed by atoms with Gasteiger partial charge in [-0.3, -0.25) is 19.4 Å². The first kappa shape index (κ1) is 31.0. The first-order chi connectivity index (χ1) is 18.8. The maximum atomic E-state index is 13.5. The number of carbonyl (C=O) groups is 4. The Morgan fingerprint density at radius 2 is 1.88 bits per heavy atom. The Bertz CT molecular complexity index is 1110. The van der Waals surface area contributed by atoms with Crippen molar-refractivity contribution in [3.05, 3.63) is 35.4 Å². The summed E-state index contributed by atoms with van der Waals surface area (Å²) < 4.78 is 5.41. The minimum atomic E-state index is -0.961. The van der Waals surface area contributed by atoms with Gasteiger partial charge in [-0.2, -0.15) is 5.26 Å². The van der Waals surface area contributed by atoms with Gasteiger partial charge in [0.15, 0.2) is 0 Å². The Kier molecular flexibility index (Phi) is 10.3. The number of nitrogens with one attached hydrogen (secondary N) is 1. The third-order valence-electron chi connectivity index (χ3n) is 7.34. The van der Waals surface area contributed by atoms with Gasteiger partial charge in [0.05, 0.1) is 12.1 Å². The zero-order chi connectivity index (χ0) is 29.6. The molecule has 218 valence electrons. The number of likely N-dealkylation sites (tertiary alicyclic amines) is 2. The molecule has 40 heavy (non-hydrogen) atoms. The van der Waals surface area contributed by atoms with E-state index in [2.05, 4.69) is 16.3 Å². The standard InChI is InChI=1S/C29H42N6O5/c1-29(2,3)40-28(39)31-25(27(38)35-13-7-8-22(35)15-30)18-34-17-23(14-24(34)19-36)33(6)16-20-9-11-21(12-10-20)26(37)32(4)5/h9-12,19,22-25H,7-8,13-14,16-18H2,1-6H3,(H,31,39)/t22?,23-,24?,25?/m0/s1. The number of nitriles is 1. The lowest BCUT2D eigenvalue weighted by atomic mass is 10.1. The van der Waals surface area contributed by atoms with Crippen molar-refractivity contribution in [2.45, 2.75) is 76.3 Å². The van der Waals surface area contributed by atoms with Crippen LogP contribution in [0.2, 0.25) is 0 Å². The molecule has 11 nitrogen and oxygen atoms in total. The molecule has 3 amide bonds. The number of likely N-dealkylation sites (N-methyl/N-ethyl adjacent to an activating group) is 1. The van der Waals surface area contributed by atoms with Crippen LogP contribution in [-0.2, 0) is 20.9 Å². The Labute approximate surface area is 237 Å². The van der Waals surface area contributed by atoms with E-state index < -0.39 is 29.8 Å². The molecule has 0 saturated carbocycles. The third kappa shape index (κ3) is 8.02. The molecule has 3 unspecified atom stereocenters. The second kappa shape index (κ2) is 13.2. The molecule has 0 spiro atoms. The smallest absolute Gasteiger partial charge is 0.408 e. The van der Waals surface area contributed by atoms with E-state index in [1.807, 2.05) is 36.2 Å². The van der Waals surface area contributed by atoms with Crippen LogP contribution < -0.4 is 5.32 Å². The SMILES string of the molecule is CN(C)C(=O)c1ccc(CN(C)[C@H]2CC(C=O)N(CC(NC(=O)OC(C)(C)C)C(=O)N3CCCC3C#N)C2)cc1. The summed E-state index contributed by atoms with van der Waals surface area (Å²) >= 11 is 0. The number of aldehydes is 1. The molecular formula is C29H42N6O5. The van der Waals surface area contributed by atoms with Crippen molar-refractivity contribution in [2.24, 2.45) is 0 Å². The zero-order valence-corrected chi connectivity index (χ0v) is 24.4. The van der Waals surface area contributed by atoms with Gasteiger partial charge in [0.1, 0.15) is 24.0 Å². The summed E-state index contributed by atoms with van der Waals surface area (Å²) in [6, 6.07) is 7.78. The summed E-state index contributed by atoms with van der Waals surface area (Å²) in [6.07, 6.45) is 2.07. The average Bonchev–Trinajstić information content (AvgIpc) is 3.53. The highest BCUT2D eigenvalue weighted by atomic mass is 16.6. The van der Waals surface area contributed by atoms with Crippen molar-refractivity contribution >= 4 is 24.2 Å². The predicted octanol–water partition coefficient (Wildman–Crippen LogP) is 1.87. The summed E-state index contributed by atoms with van der Waals surface area (Å²) in [6.45, 7) is 6.95. The monoisotopic (exact) mass is 554 g/mol. The topological polar surface area (TPSA) is 126 Å². The second-order valence-corrected chi connectivity index (χ2v) is 11.9. The second-order valence-electron chi connectivity index (χ2n) is 11.9. The number of nitrogens with zero attached hydrogens (tertiary/aromatic N) is 5. The minimum absolute atomic E-state index is 0.0363. The number of benzene rings is 1. The lowest BCUT2D eigenvalue weighted by molar-refractivity contribution is -0.134. The molecule has 0 aromatic heterocycles. The van der Waals surface area contributed by atoms with Crippen LogP contribution in [0.3, 0.4) is 0 Å². The van der Waals surface area contributed by atoms with Crippen molar-refractivity contribution in [3.63, 3.8) is 0 Å². The van der Waals surface area contributed by atoms with E-state index in [0.717, 1.165) is 18.3 Å². The fraction of sp³-hybridized carbons (Fsp3) is 0.621. The van der Waals surface area contributed by atoms with Gasteiger partial charge < -0.3 is 24.6 Å². The summed E-state index contributed by atoms with van der Waals surface area (Å²) in [5.74, 6) is -0.400. The highest BCUT2D eigenvalue weighted by Crippen LogP contribution is 2.24. The number of amides is 3. The van der Waals surface area contributed by atoms with E-state index in [0.29, 0.717) is 38.0 Å². The number of ether oxygens (including phenoxy) is 1. The Morgan fingerprint density at radius 3 is 2.45 bits per heavy atom. The lowest BCUT2D eigenvalue weighted by Crippen LogP contribution is -2.56. The third-order valence-corrected chi connectivity index (χ3v) is 7.34. The van der Waals surface area contributed by atoms with E-state index >= 15 is 0 Å². The number of hydrogen-bond acceptors (Lipinski definition) is 8. The molecule has 4 atom stereocenters. The Hall–Kier alpha value is -3.49. The molecule has 1 N–H and O–H groups in total. The molecule has 1 aromatic carbocycles. The van der Waals surface area contributed by atoms with Crippen LogP contribution in [0, 0.1) is 11.3 Å². The van der Waals surface area contributed by atoms with Gasteiger partial charge in [-0.15, -0.1) is 0 Å². The number of alkyl carbamates (subject to hydrolysis) is 1. The van der Waals surface area contributed by atoms with E-state index in [1.54, 1.807) is 34.9 Å². The molecular weight excluding hydrogens is 512 g/mol. The predicted molar refractivity (Wildman–Crippen MR) is 149 cm³/mol. The molecule has 0 radical (unpaired) electrons. The maximum absolute atomic E-state index is 13.5. The van der Waals surface area contributed by atoms with Crippen LogP contribution in [0.25, 0.3) is 0 Å². The van der Waals surface area contributed by atoms with E-state index in [4.69, 9.17) is 4.74 Å². The number of rotatable bonds is 9. The first-order valence-corrected chi connectivity index (χ1v) is 13.7. The van der Waals surface area contributed by atoms with Crippen molar-refractivity contribution in [3.8, 4) is 6.07 Å². The minimum Gasteiger partial charge on any atom is -0.444 e. The Morgan fingerprint density at radius 1 is 1.20 bits per heavy atom. The molecule has 2 heterocycles. The zero-order valence-electron chi connectivity index (χ0n) is 24.4. The van der Waals surface area contributed by atoms with Crippen molar-refractivity contribution < 1.29 is 23.9 Å². The molecule has 1 aromatic rings. The summed E-state index contributed by atoms with van der Waals surface area (Å²) in [5.41, 5.74) is 0.912. The molecule has 0 bridgehead atoms. The van der Waals surface area contributed by atoms with E-state index in [9.17, 15) is 24.4 Å². The van der Waals surface area contributed by atoms with Crippen LogP contribution in [0.1, 0.15) is 56.0 Å². The van der Waals surface area contributed by atoms with E-state index in [1.165, 1.54) is 9.80 Å². The molecule has 2 saturated heterocycles. The van der Waals surface area contributed by atoms with E-state index in [-0.39, 0.29) is 24.4 Å². The molecule has 3 rings (SSSR count). The van der Waals surface area contributed by atoms with Crippen molar-refractivity contribution in [2.75, 3.05) is 40.8 Å². The average molecular weight is 555 g/mol. The molecule has 2 fully saturated rings. The van der Waals surface area contributed by atoms with Gasteiger partial charge in [-0.1, -0.05) is 12.1 Å². The van der Waals surface area contributed by atoms with Crippen LogP contribution in [-0.4, -0.2) is 114 Å². The summed E-state index contributed by atoms with van der Waals surface area (Å²) in [5, 5.41) is 12.2. The largest absolute Gasteiger partial charge is 0.444 e. The maximum Gasteiger partial charge on any atom is 0.408 e.